The van der Waals surface area contributed by atoms with Crippen LogP contribution in [0.25, 0.3) is 0 Å². The average Bonchev–Trinajstić information content (AvgIpc) is 2.74. The molecule has 2 rings (SSSR count). The van der Waals surface area contributed by atoms with E-state index in [4.69, 9.17) is 9.47 Å². The Balaban J connectivity index is 2.13. The molecule has 1 saturated carbocycles. The van der Waals surface area contributed by atoms with Gasteiger partial charge in [0.2, 0.25) is 5.88 Å². The van der Waals surface area contributed by atoms with Crippen LogP contribution in [0, 0.1) is 6.92 Å². The highest BCUT2D eigenvalue weighted by Gasteiger charge is 2.38. The SMILES string of the molecule is COc1ncc(NC(=O)C2(OC)CCCCCC2)cc1C. The van der Waals surface area contributed by atoms with Crippen molar-refractivity contribution in [2.45, 2.75) is 51.0 Å². The Kier molecular flexibility index (Phi) is 5.17. The molecule has 0 aromatic carbocycles. The third kappa shape index (κ3) is 3.53. The van der Waals surface area contributed by atoms with Crippen molar-refractivity contribution in [3.8, 4) is 5.88 Å². The quantitative estimate of drug-likeness (QED) is 0.866. The number of amides is 1. The Morgan fingerprint density at radius 2 is 1.90 bits per heavy atom. The maximum Gasteiger partial charge on any atom is 0.256 e. The average molecular weight is 292 g/mol. The van der Waals surface area contributed by atoms with Gasteiger partial charge in [-0.15, -0.1) is 0 Å². The summed E-state index contributed by atoms with van der Waals surface area (Å²) in [6.07, 6.45) is 7.56. The predicted octanol–water partition coefficient (Wildman–Crippen LogP) is 3.08. The van der Waals surface area contributed by atoms with Crippen molar-refractivity contribution in [2.75, 3.05) is 19.5 Å². The minimum absolute atomic E-state index is 0.0710. The maximum absolute atomic E-state index is 12.6. The minimum Gasteiger partial charge on any atom is -0.481 e. The monoisotopic (exact) mass is 292 g/mol. The number of ether oxygens (including phenoxy) is 2. The largest absolute Gasteiger partial charge is 0.481 e. The van der Waals surface area contributed by atoms with Crippen molar-refractivity contribution < 1.29 is 14.3 Å². The molecule has 0 unspecified atom stereocenters. The first-order valence-electron chi connectivity index (χ1n) is 7.48. The summed E-state index contributed by atoms with van der Waals surface area (Å²) in [6.45, 7) is 1.90. The Morgan fingerprint density at radius 1 is 1.24 bits per heavy atom. The first kappa shape index (κ1) is 15.8. The lowest BCUT2D eigenvalue weighted by molar-refractivity contribution is -0.139. The number of methoxy groups -OCH3 is 2. The third-order valence-electron chi connectivity index (χ3n) is 4.20. The third-order valence-corrected chi connectivity index (χ3v) is 4.20. The molecule has 5 heteroatoms. The van der Waals surface area contributed by atoms with Crippen LogP contribution in [0.4, 0.5) is 5.69 Å². The first-order valence-corrected chi connectivity index (χ1v) is 7.48. The number of rotatable bonds is 4. The van der Waals surface area contributed by atoms with Gasteiger partial charge in [0.1, 0.15) is 5.60 Å². The molecule has 1 aromatic rings. The molecule has 1 N–H and O–H groups in total. The van der Waals surface area contributed by atoms with E-state index in [1.165, 1.54) is 12.8 Å². The molecule has 0 spiro atoms. The van der Waals surface area contributed by atoms with Crippen LogP contribution in [0.1, 0.15) is 44.1 Å². The van der Waals surface area contributed by atoms with Crippen molar-refractivity contribution in [3.05, 3.63) is 17.8 Å². The molecule has 0 aliphatic heterocycles. The van der Waals surface area contributed by atoms with E-state index in [0.29, 0.717) is 11.6 Å². The minimum atomic E-state index is -0.704. The Hall–Kier alpha value is -1.62. The number of carbonyl (C=O) groups excluding carboxylic acids is 1. The number of anilines is 1. The fraction of sp³-hybridized carbons (Fsp3) is 0.625. The van der Waals surface area contributed by atoms with Crippen molar-refractivity contribution >= 4 is 11.6 Å². The smallest absolute Gasteiger partial charge is 0.256 e. The van der Waals surface area contributed by atoms with Gasteiger partial charge in [-0.3, -0.25) is 4.79 Å². The number of nitrogens with zero attached hydrogens (tertiary/aromatic N) is 1. The standard InChI is InChI=1S/C16H24N2O3/c1-12-10-13(11-17-14(12)20-2)18-15(19)16(21-3)8-6-4-5-7-9-16/h10-11H,4-9H2,1-3H3,(H,18,19). The van der Waals surface area contributed by atoms with Crippen molar-refractivity contribution in [1.82, 2.24) is 4.98 Å². The lowest BCUT2D eigenvalue weighted by Gasteiger charge is -2.29. The summed E-state index contributed by atoms with van der Waals surface area (Å²) in [7, 11) is 3.21. The summed E-state index contributed by atoms with van der Waals surface area (Å²) in [5.41, 5.74) is 0.867. The van der Waals surface area contributed by atoms with Gasteiger partial charge in [0.15, 0.2) is 0 Å². The van der Waals surface area contributed by atoms with E-state index in [0.717, 1.165) is 31.2 Å². The van der Waals surface area contributed by atoms with Crippen molar-refractivity contribution in [2.24, 2.45) is 0 Å². The van der Waals surface area contributed by atoms with Gasteiger partial charge in [-0.2, -0.15) is 0 Å². The zero-order valence-electron chi connectivity index (χ0n) is 13.1. The number of pyridine rings is 1. The molecule has 0 bridgehead atoms. The highest BCUT2D eigenvalue weighted by Crippen LogP contribution is 2.31. The van der Waals surface area contributed by atoms with E-state index in [-0.39, 0.29) is 5.91 Å². The van der Waals surface area contributed by atoms with E-state index in [9.17, 15) is 4.79 Å². The van der Waals surface area contributed by atoms with E-state index < -0.39 is 5.60 Å². The molecule has 0 saturated heterocycles. The maximum atomic E-state index is 12.6. The van der Waals surface area contributed by atoms with Gasteiger partial charge in [-0.25, -0.2) is 4.98 Å². The summed E-state index contributed by atoms with van der Waals surface area (Å²) in [5, 5.41) is 2.94. The fourth-order valence-electron chi connectivity index (χ4n) is 2.91. The molecule has 1 aliphatic carbocycles. The normalized spacial score (nSPS) is 17.9. The van der Waals surface area contributed by atoms with Gasteiger partial charge in [0, 0.05) is 12.7 Å². The zero-order valence-corrected chi connectivity index (χ0v) is 13.1. The summed E-state index contributed by atoms with van der Waals surface area (Å²) < 4.78 is 10.7. The summed E-state index contributed by atoms with van der Waals surface area (Å²) in [4.78, 5) is 16.8. The molecule has 1 aliphatic rings. The molecule has 116 valence electrons. The molecule has 1 fully saturated rings. The van der Waals surface area contributed by atoms with Crippen LogP contribution in [0.3, 0.4) is 0 Å². The molecule has 1 heterocycles. The van der Waals surface area contributed by atoms with Gasteiger partial charge < -0.3 is 14.8 Å². The number of carbonyl (C=O) groups is 1. The van der Waals surface area contributed by atoms with E-state index in [2.05, 4.69) is 10.3 Å². The van der Waals surface area contributed by atoms with Crippen LogP contribution in [-0.4, -0.2) is 30.7 Å². The number of aromatic nitrogens is 1. The number of aryl methyl sites for hydroxylation is 1. The highest BCUT2D eigenvalue weighted by molar-refractivity contribution is 5.97. The second kappa shape index (κ2) is 6.89. The Morgan fingerprint density at radius 3 is 2.43 bits per heavy atom. The second-order valence-electron chi connectivity index (χ2n) is 5.62. The fourth-order valence-corrected chi connectivity index (χ4v) is 2.91. The van der Waals surface area contributed by atoms with Crippen LogP contribution >= 0.6 is 0 Å². The van der Waals surface area contributed by atoms with Gasteiger partial charge in [-0.1, -0.05) is 25.7 Å². The Labute approximate surface area is 126 Å². The zero-order chi connectivity index (χ0) is 15.3. The van der Waals surface area contributed by atoms with Crippen LogP contribution < -0.4 is 10.1 Å². The van der Waals surface area contributed by atoms with E-state index in [1.54, 1.807) is 20.4 Å². The predicted molar refractivity (Wildman–Crippen MR) is 81.6 cm³/mol. The van der Waals surface area contributed by atoms with Crippen molar-refractivity contribution in [3.63, 3.8) is 0 Å². The molecular weight excluding hydrogens is 268 g/mol. The number of nitrogens with one attached hydrogen (secondary N) is 1. The molecule has 0 atom stereocenters. The molecule has 0 radical (unpaired) electrons. The summed E-state index contributed by atoms with van der Waals surface area (Å²) >= 11 is 0. The van der Waals surface area contributed by atoms with Gasteiger partial charge in [-0.05, 0) is 25.8 Å². The number of hydrogen-bond acceptors (Lipinski definition) is 4. The van der Waals surface area contributed by atoms with Crippen molar-refractivity contribution in [1.29, 1.82) is 0 Å². The summed E-state index contributed by atoms with van der Waals surface area (Å²) in [5.74, 6) is 0.502. The first-order chi connectivity index (χ1) is 10.1. The molecule has 1 aromatic heterocycles. The number of hydrogen-bond donors (Lipinski definition) is 1. The van der Waals surface area contributed by atoms with Gasteiger partial charge in [0.25, 0.3) is 5.91 Å². The second-order valence-corrected chi connectivity index (χ2v) is 5.62. The van der Waals surface area contributed by atoms with Gasteiger partial charge in [0.05, 0.1) is 19.0 Å². The summed E-state index contributed by atoms with van der Waals surface area (Å²) in [6, 6.07) is 1.86. The van der Waals surface area contributed by atoms with Crippen LogP contribution in [0.5, 0.6) is 5.88 Å². The molecule has 21 heavy (non-hydrogen) atoms. The van der Waals surface area contributed by atoms with Gasteiger partial charge >= 0.3 is 0 Å². The molecular formula is C16H24N2O3. The Bertz CT molecular complexity index is 494. The lowest BCUT2D eigenvalue weighted by Crippen LogP contribution is -2.44. The van der Waals surface area contributed by atoms with Crippen LogP contribution in [-0.2, 0) is 9.53 Å². The molecule has 5 nitrogen and oxygen atoms in total. The van der Waals surface area contributed by atoms with E-state index in [1.807, 2.05) is 13.0 Å². The highest BCUT2D eigenvalue weighted by atomic mass is 16.5. The topological polar surface area (TPSA) is 60.5 Å². The lowest BCUT2D eigenvalue weighted by atomic mass is 9.93. The van der Waals surface area contributed by atoms with E-state index >= 15 is 0 Å². The molecule has 1 amide bonds. The van der Waals surface area contributed by atoms with Crippen LogP contribution in [0.15, 0.2) is 12.3 Å². The van der Waals surface area contributed by atoms with Crippen LogP contribution in [0.2, 0.25) is 0 Å².